The van der Waals surface area contributed by atoms with E-state index in [1.807, 2.05) is 0 Å². The van der Waals surface area contributed by atoms with Crippen LogP contribution in [0.25, 0.3) is 5.69 Å². The van der Waals surface area contributed by atoms with Crippen molar-refractivity contribution in [2.75, 3.05) is 37.4 Å². The Morgan fingerprint density at radius 1 is 1.27 bits per heavy atom. The van der Waals surface area contributed by atoms with Gasteiger partial charge < -0.3 is 15.4 Å². The lowest BCUT2D eigenvalue weighted by Crippen LogP contribution is -2.43. The van der Waals surface area contributed by atoms with Gasteiger partial charge in [0.15, 0.2) is 5.82 Å². The van der Waals surface area contributed by atoms with Crippen molar-refractivity contribution in [2.45, 2.75) is 0 Å². The molecule has 0 aliphatic carbocycles. The molecule has 0 spiro atoms. The van der Waals surface area contributed by atoms with Crippen LogP contribution in [0.15, 0.2) is 30.5 Å². The summed E-state index contributed by atoms with van der Waals surface area (Å²) in [6.07, 6.45) is 1.57. The van der Waals surface area contributed by atoms with E-state index in [-0.39, 0.29) is 17.7 Å². The van der Waals surface area contributed by atoms with Crippen molar-refractivity contribution in [3.8, 4) is 5.69 Å². The number of morpholine rings is 1. The molecule has 3 rings (SSSR count). The number of rotatable bonds is 2. The van der Waals surface area contributed by atoms with Crippen LogP contribution < -0.4 is 11.1 Å². The standard InChI is InChI=1S/C14H16FN5O2/c15-10-1-3-11(4-2-10)20-9-12(16)13(18-20)17-14(21)19-5-7-22-8-6-19/h1-4,9H,5-8,16H2,(H,17,18,21). The first-order valence-electron chi connectivity index (χ1n) is 6.88. The van der Waals surface area contributed by atoms with Gasteiger partial charge in [-0.1, -0.05) is 0 Å². The average Bonchev–Trinajstić information content (AvgIpc) is 2.90. The maximum atomic E-state index is 12.9. The normalized spacial score (nSPS) is 14.9. The van der Waals surface area contributed by atoms with Crippen LogP contribution in [0.1, 0.15) is 0 Å². The van der Waals surface area contributed by atoms with Gasteiger partial charge in [-0.2, -0.15) is 0 Å². The second kappa shape index (κ2) is 6.02. The van der Waals surface area contributed by atoms with Crippen LogP contribution in [0, 0.1) is 5.82 Å². The van der Waals surface area contributed by atoms with E-state index in [2.05, 4.69) is 10.4 Å². The van der Waals surface area contributed by atoms with Crippen LogP contribution in [-0.4, -0.2) is 47.0 Å². The SMILES string of the molecule is Nc1cn(-c2ccc(F)cc2)nc1NC(=O)N1CCOCC1. The van der Waals surface area contributed by atoms with Crippen LogP contribution in [-0.2, 0) is 4.74 Å². The minimum Gasteiger partial charge on any atom is -0.394 e. The number of nitrogens with zero attached hydrogens (tertiary/aromatic N) is 3. The van der Waals surface area contributed by atoms with Gasteiger partial charge in [0, 0.05) is 13.1 Å². The van der Waals surface area contributed by atoms with Crippen molar-refractivity contribution in [1.82, 2.24) is 14.7 Å². The number of hydrogen-bond donors (Lipinski definition) is 2. The summed E-state index contributed by atoms with van der Waals surface area (Å²) in [5.41, 5.74) is 6.86. The van der Waals surface area contributed by atoms with Gasteiger partial charge >= 0.3 is 6.03 Å². The molecule has 0 radical (unpaired) electrons. The van der Waals surface area contributed by atoms with Crippen molar-refractivity contribution in [3.05, 3.63) is 36.3 Å². The number of hydrogen-bond acceptors (Lipinski definition) is 4. The number of halogens is 1. The lowest BCUT2D eigenvalue weighted by atomic mass is 10.3. The molecule has 1 saturated heterocycles. The molecule has 116 valence electrons. The zero-order valence-corrected chi connectivity index (χ0v) is 11.8. The molecule has 0 saturated carbocycles. The minimum absolute atomic E-state index is 0.264. The summed E-state index contributed by atoms with van der Waals surface area (Å²) in [4.78, 5) is 13.8. The molecule has 2 heterocycles. The van der Waals surface area contributed by atoms with Gasteiger partial charge in [0.05, 0.1) is 30.8 Å². The Hall–Kier alpha value is -2.61. The zero-order valence-electron chi connectivity index (χ0n) is 11.8. The predicted molar refractivity (Wildman–Crippen MR) is 79.3 cm³/mol. The van der Waals surface area contributed by atoms with Crippen molar-refractivity contribution >= 4 is 17.5 Å². The Kier molecular flexibility index (Phi) is 3.92. The van der Waals surface area contributed by atoms with E-state index < -0.39 is 0 Å². The molecule has 2 amide bonds. The monoisotopic (exact) mass is 305 g/mol. The van der Waals surface area contributed by atoms with Gasteiger partial charge in [-0.05, 0) is 24.3 Å². The third-order valence-corrected chi connectivity index (χ3v) is 3.36. The first kappa shape index (κ1) is 14.3. The van der Waals surface area contributed by atoms with Crippen molar-refractivity contribution in [2.24, 2.45) is 0 Å². The molecule has 0 bridgehead atoms. The van der Waals surface area contributed by atoms with E-state index in [4.69, 9.17) is 10.5 Å². The highest BCUT2D eigenvalue weighted by Crippen LogP contribution is 2.19. The molecular weight excluding hydrogens is 289 g/mol. The summed E-state index contributed by atoms with van der Waals surface area (Å²) in [6, 6.07) is 5.56. The Labute approximate surface area is 126 Å². The van der Waals surface area contributed by atoms with Gasteiger partial charge in [-0.3, -0.25) is 5.32 Å². The van der Waals surface area contributed by atoms with Gasteiger partial charge in [0.1, 0.15) is 5.82 Å². The van der Waals surface area contributed by atoms with E-state index in [9.17, 15) is 9.18 Å². The fraction of sp³-hybridized carbons (Fsp3) is 0.286. The summed E-state index contributed by atoms with van der Waals surface area (Å²) in [5, 5.41) is 6.91. The first-order chi connectivity index (χ1) is 10.6. The topological polar surface area (TPSA) is 85.4 Å². The molecule has 1 aliphatic rings. The highest BCUT2D eigenvalue weighted by atomic mass is 19.1. The third-order valence-electron chi connectivity index (χ3n) is 3.36. The maximum Gasteiger partial charge on any atom is 0.323 e. The molecule has 22 heavy (non-hydrogen) atoms. The van der Waals surface area contributed by atoms with Crippen molar-refractivity contribution in [3.63, 3.8) is 0 Å². The summed E-state index contributed by atoms with van der Waals surface area (Å²) >= 11 is 0. The van der Waals surface area contributed by atoms with Gasteiger partial charge in [-0.25, -0.2) is 13.9 Å². The van der Waals surface area contributed by atoms with Crippen molar-refractivity contribution in [1.29, 1.82) is 0 Å². The van der Waals surface area contributed by atoms with Gasteiger partial charge in [-0.15, -0.1) is 5.10 Å². The number of anilines is 2. The highest BCUT2D eigenvalue weighted by molar-refractivity contribution is 5.91. The van der Waals surface area contributed by atoms with Gasteiger partial charge in [0.2, 0.25) is 0 Å². The quantitative estimate of drug-likeness (QED) is 0.879. The highest BCUT2D eigenvalue weighted by Gasteiger charge is 2.19. The average molecular weight is 305 g/mol. The largest absolute Gasteiger partial charge is 0.394 e. The Balaban J connectivity index is 1.74. The summed E-state index contributed by atoms with van der Waals surface area (Å²) in [5.74, 6) is -0.0504. The molecular formula is C14H16FN5O2. The fourth-order valence-corrected chi connectivity index (χ4v) is 2.16. The van der Waals surface area contributed by atoms with Crippen LogP contribution in [0.4, 0.5) is 20.7 Å². The molecule has 7 nitrogen and oxygen atoms in total. The number of ether oxygens (including phenoxy) is 1. The van der Waals surface area contributed by atoms with Crippen molar-refractivity contribution < 1.29 is 13.9 Å². The molecule has 1 aromatic carbocycles. The zero-order chi connectivity index (χ0) is 15.5. The lowest BCUT2D eigenvalue weighted by Gasteiger charge is -2.26. The number of nitrogens with two attached hydrogens (primary N) is 1. The smallest absolute Gasteiger partial charge is 0.323 e. The Bertz CT molecular complexity index is 664. The molecule has 0 unspecified atom stereocenters. The summed E-state index contributed by atoms with van der Waals surface area (Å²) in [6.45, 7) is 2.11. The van der Waals surface area contributed by atoms with E-state index in [1.54, 1.807) is 23.2 Å². The number of carbonyl (C=O) groups excluding carboxylic acids is 1. The molecule has 1 aromatic heterocycles. The van der Waals surface area contributed by atoms with E-state index in [0.29, 0.717) is 37.7 Å². The number of benzene rings is 1. The predicted octanol–water partition coefficient (Wildman–Crippen LogP) is 1.46. The Morgan fingerprint density at radius 3 is 2.64 bits per heavy atom. The lowest BCUT2D eigenvalue weighted by molar-refractivity contribution is 0.0564. The fourth-order valence-electron chi connectivity index (χ4n) is 2.16. The molecule has 3 N–H and O–H groups in total. The minimum atomic E-state index is -0.329. The number of amides is 2. The maximum absolute atomic E-state index is 12.9. The molecule has 1 fully saturated rings. The first-order valence-corrected chi connectivity index (χ1v) is 6.88. The van der Waals surface area contributed by atoms with E-state index in [0.717, 1.165) is 0 Å². The van der Waals surface area contributed by atoms with Gasteiger partial charge in [0.25, 0.3) is 0 Å². The summed E-state index contributed by atoms with van der Waals surface area (Å²) < 4.78 is 19.6. The molecule has 2 aromatic rings. The third kappa shape index (κ3) is 3.01. The molecule has 8 heteroatoms. The second-order valence-electron chi connectivity index (χ2n) is 4.88. The van der Waals surface area contributed by atoms with E-state index >= 15 is 0 Å². The van der Waals surface area contributed by atoms with E-state index in [1.165, 1.54) is 16.8 Å². The number of nitrogens with one attached hydrogen (secondary N) is 1. The number of aromatic nitrogens is 2. The summed E-state index contributed by atoms with van der Waals surface area (Å²) in [7, 11) is 0. The molecule has 1 aliphatic heterocycles. The Morgan fingerprint density at radius 2 is 1.95 bits per heavy atom. The second-order valence-corrected chi connectivity index (χ2v) is 4.88. The number of carbonyl (C=O) groups is 1. The number of urea groups is 1. The van der Waals surface area contributed by atoms with Crippen LogP contribution in [0.5, 0.6) is 0 Å². The van der Waals surface area contributed by atoms with Crippen LogP contribution >= 0.6 is 0 Å². The van der Waals surface area contributed by atoms with Crippen LogP contribution in [0.3, 0.4) is 0 Å². The van der Waals surface area contributed by atoms with Crippen LogP contribution in [0.2, 0.25) is 0 Å². The number of nitrogen functional groups attached to an aromatic ring is 1. The molecule has 0 atom stereocenters.